The molecule has 2 N–H and O–H groups in total. The summed E-state index contributed by atoms with van der Waals surface area (Å²) < 4.78 is 0. The summed E-state index contributed by atoms with van der Waals surface area (Å²) in [4.78, 5) is 4.14. The van der Waals surface area contributed by atoms with Crippen LogP contribution in [0.3, 0.4) is 0 Å². The topological polar surface area (TPSA) is 38.9 Å². The first-order valence-corrected chi connectivity index (χ1v) is 4.34. The van der Waals surface area contributed by atoms with Gasteiger partial charge in [0.05, 0.1) is 10.7 Å². The molecule has 0 saturated heterocycles. The van der Waals surface area contributed by atoms with Crippen molar-refractivity contribution in [1.29, 1.82) is 0 Å². The lowest BCUT2D eigenvalue weighted by atomic mass is 10.1. The minimum absolute atomic E-state index is 0.158. The van der Waals surface area contributed by atoms with Crippen molar-refractivity contribution in [3.63, 3.8) is 0 Å². The van der Waals surface area contributed by atoms with E-state index in [0.717, 1.165) is 17.7 Å². The zero-order valence-corrected chi connectivity index (χ0v) is 8.10. The van der Waals surface area contributed by atoms with Crippen molar-refractivity contribution >= 4 is 11.6 Å². The molecule has 1 unspecified atom stereocenters. The average molecular weight is 185 g/mol. The van der Waals surface area contributed by atoms with Crippen molar-refractivity contribution in [2.24, 2.45) is 5.73 Å². The van der Waals surface area contributed by atoms with E-state index in [4.69, 9.17) is 17.3 Å². The van der Waals surface area contributed by atoms with Crippen LogP contribution < -0.4 is 5.73 Å². The molecule has 0 aromatic carbocycles. The van der Waals surface area contributed by atoms with Crippen molar-refractivity contribution < 1.29 is 0 Å². The van der Waals surface area contributed by atoms with Gasteiger partial charge in [-0.2, -0.15) is 0 Å². The summed E-state index contributed by atoms with van der Waals surface area (Å²) in [5.74, 6) is 0. The number of hydrogen-bond donors (Lipinski definition) is 1. The zero-order chi connectivity index (χ0) is 9.14. The van der Waals surface area contributed by atoms with E-state index in [-0.39, 0.29) is 6.04 Å². The molecule has 12 heavy (non-hydrogen) atoms. The highest BCUT2D eigenvalue weighted by Gasteiger charge is 2.01. The largest absolute Gasteiger partial charge is 0.328 e. The summed E-state index contributed by atoms with van der Waals surface area (Å²) in [5.41, 5.74) is 7.61. The normalized spacial score (nSPS) is 13.0. The van der Waals surface area contributed by atoms with Crippen molar-refractivity contribution in [2.45, 2.75) is 26.3 Å². The predicted molar refractivity (Wildman–Crippen MR) is 51.3 cm³/mol. The van der Waals surface area contributed by atoms with Crippen LogP contribution in [0.4, 0.5) is 0 Å². The lowest BCUT2D eigenvalue weighted by Gasteiger charge is -2.05. The molecule has 0 aliphatic heterocycles. The van der Waals surface area contributed by atoms with E-state index in [1.807, 2.05) is 26.1 Å². The van der Waals surface area contributed by atoms with Crippen LogP contribution in [-0.4, -0.2) is 11.0 Å². The van der Waals surface area contributed by atoms with Gasteiger partial charge in [0.15, 0.2) is 0 Å². The highest BCUT2D eigenvalue weighted by atomic mass is 35.5. The fraction of sp³-hybridized carbons (Fsp3) is 0.444. The number of aromatic nitrogens is 1. The van der Waals surface area contributed by atoms with Gasteiger partial charge in [0.1, 0.15) is 0 Å². The maximum atomic E-state index is 5.89. The Morgan fingerprint density at radius 1 is 1.67 bits per heavy atom. The second-order valence-corrected chi connectivity index (χ2v) is 3.50. The van der Waals surface area contributed by atoms with Gasteiger partial charge < -0.3 is 5.73 Å². The Morgan fingerprint density at radius 2 is 2.33 bits per heavy atom. The summed E-state index contributed by atoms with van der Waals surface area (Å²) in [5, 5.41) is 0.716. The van der Waals surface area contributed by atoms with E-state index >= 15 is 0 Å². The third-order valence-electron chi connectivity index (χ3n) is 1.64. The van der Waals surface area contributed by atoms with Gasteiger partial charge in [-0.3, -0.25) is 4.98 Å². The summed E-state index contributed by atoms with van der Waals surface area (Å²) in [6, 6.07) is 2.08. The van der Waals surface area contributed by atoms with Gasteiger partial charge in [-0.25, -0.2) is 0 Å². The van der Waals surface area contributed by atoms with E-state index in [2.05, 4.69) is 4.98 Å². The van der Waals surface area contributed by atoms with Gasteiger partial charge in [-0.05, 0) is 31.9 Å². The van der Waals surface area contributed by atoms with Gasteiger partial charge in [-0.15, -0.1) is 0 Å². The van der Waals surface area contributed by atoms with Crippen LogP contribution in [0.25, 0.3) is 0 Å². The third kappa shape index (κ3) is 2.47. The molecule has 0 amide bonds. The first kappa shape index (κ1) is 9.49. The Kier molecular flexibility index (Phi) is 3.06. The molecule has 0 saturated carbocycles. The lowest BCUT2D eigenvalue weighted by Crippen LogP contribution is -2.17. The molecule has 0 aliphatic carbocycles. The van der Waals surface area contributed by atoms with Crippen LogP contribution in [0.1, 0.15) is 18.2 Å². The predicted octanol–water partition coefficient (Wildman–Crippen LogP) is 1.93. The molecule has 0 fully saturated rings. The number of aryl methyl sites for hydroxylation is 1. The molecule has 0 radical (unpaired) electrons. The Labute approximate surface area is 77.8 Å². The van der Waals surface area contributed by atoms with Crippen molar-refractivity contribution in [1.82, 2.24) is 4.98 Å². The fourth-order valence-electron chi connectivity index (χ4n) is 1.03. The summed E-state index contributed by atoms with van der Waals surface area (Å²) in [6.07, 6.45) is 2.65. The smallest absolute Gasteiger partial charge is 0.0621 e. The molecule has 66 valence electrons. The standard InChI is InChI=1S/C9H13ClN2/c1-6(11)3-8-4-9(10)7(2)12-5-8/h4-6H,3,11H2,1-2H3. The third-order valence-corrected chi connectivity index (χ3v) is 2.02. The molecule has 1 atom stereocenters. The van der Waals surface area contributed by atoms with Crippen molar-refractivity contribution in [3.8, 4) is 0 Å². The minimum Gasteiger partial charge on any atom is -0.328 e. The molecule has 3 heteroatoms. The Bertz CT molecular complexity index is 271. The van der Waals surface area contributed by atoms with Crippen LogP contribution in [0.2, 0.25) is 5.02 Å². The Balaban J connectivity index is 2.82. The monoisotopic (exact) mass is 184 g/mol. The van der Waals surface area contributed by atoms with E-state index in [0.29, 0.717) is 5.02 Å². The number of hydrogen-bond acceptors (Lipinski definition) is 2. The maximum Gasteiger partial charge on any atom is 0.0621 e. The molecule has 1 aromatic rings. The average Bonchev–Trinajstić information content (AvgIpc) is 1.96. The zero-order valence-electron chi connectivity index (χ0n) is 7.34. The minimum atomic E-state index is 0.158. The SMILES string of the molecule is Cc1ncc(CC(C)N)cc1Cl. The van der Waals surface area contributed by atoms with Gasteiger partial charge in [0, 0.05) is 12.2 Å². The van der Waals surface area contributed by atoms with Crippen molar-refractivity contribution in [2.75, 3.05) is 0 Å². The first-order chi connectivity index (χ1) is 5.59. The van der Waals surface area contributed by atoms with Crippen LogP contribution in [0.5, 0.6) is 0 Å². The van der Waals surface area contributed by atoms with E-state index in [1.54, 1.807) is 0 Å². The fourth-order valence-corrected chi connectivity index (χ4v) is 1.22. The number of rotatable bonds is 2. The first-order valence-electron chi connectivity index (χ1n) is 3.96. The Hall–Kier alpha value is -0.600. The summed E-state index contributed by atoms with van der Waals surface area (Å²) in [7, 11) is 0. The molecule has 0 bridgehead atoms. The molecule has 0 aliphatic rings. The summed E-state index contributed by atoms with van der Waals surface area (Å²) in [6.45, 7) is 3.85. The number of halogens is 1. The van der Waals surface area contributed by atoms with Crippen molar-refractivity contribution in [3.05, 3.63) is 28.5 Å². The highest BCUT2D eigenvalue weighted by molar-refractivity contribution is 6.31. The maximum absolute atomic E-state index is 5.89. The molecular weight excluding hydrogens is 172 g/mol. The molecule has 0 spiro atoms. The van der Waals surface area contributed by atoms with Gasteiger partial charge in [-0.1, -0.05) is 11.6 Å². The molecule has 1 heterocycles. The van der Waals surface area contributed by atoms with Gasteiger partial charge in [0.2, 0.25) is 0 Å². The lowest BCUT2D eigenvalue weighted by molar-refractivity contribution is 0.735. The van der Waals surface area contributed by atoms with E-state index < -0.39 is 0 Å². The molecule has 1 aromatic heterocycles. The van der Waals surface area contributed by atoms with Crippen LogP contribution in [-0.2, 0) is 6.42 Å². The quantitative estimate of drug-likeness (QED) is 0.763. The van der Waals surface area contributed by atoms with Crippen LogP contribution in [0, 0.1) is 6.92 Å². The second-order valence-electron chi connectivity index (χ2n) is 3.09. The highest BCUT2D eigenvalue weighted by Crippen LogP contribution is 2.14. The number of nitrogens with zero attached hydrogens (tertiary/aromatic N) is 1. The molecule has 2 nitrogen and oxygen atoms in total. The number of pyridine rings is 1. The van der Waals surface area contributed by atoms with E-state index in [9.17, 15) is 0 Å². The van der Waals surface area contributed by atoms with Crippen LogP contribution in [0.15, 0.2) is 12.3 Å². The van der Waals surface area contributed by atoms with Gasteiger partial charge in [0.25, 0.3) is 0 Å². The number of nitrogens with two attached hydrogens (primary N) is 1. The second kappa shape index (κ2) is 3.87. The van der Waals surface area contributed by atoms with E-state index in [1.165, 1.54) is 0 Å². The van der Waals surface area contributed by atoms with Crippen LogP contribution >= 0.6 is 11.6 Å². The summed E-state index contributed by atoms with van der Waals surface area (Å²) >= 11 is 5.89. The Morgan fingerprint density at radius 3 is 2.83 bits per heavy atom. The van der Waals surface area contributed by atoms with Gasteiger partial charge >= 0.3 is 0 Å². The molecular formula is C9H13ClN2. The molecule has 1 rings (SSSR count).